The lowest BCUT2D eigenvalue weighted by Crippen LogP contribution is -2.19. The molecule has 2 N–H and O–H groups in total. The normalized spacial score (nSPS) is 11.7. The van der Waals surface area contributed by atoms with Gasteiger partial charge < -0.3 is 10.6 Å². The van der Waals surface area contributed by atoms with Crippen LogP contribution in [0.1, 0.15) is 26.6 Å². The molecule has 0 saturated heterocycles. The Bertz CT molecular complexity index is 374. The van der Waals surface area contributed by atoms with Crippen molar-refractivity contribution in [3.8, 4) is 0 Å². The highest BCUT2D eigenvalue weighted by atomic mass is 19.3. The minimum absolute atomic E-state index is 0.228. The molecule has 0 fully saturated rings. The molecule has 0 amide bonds. The molecule has 0 aliphatic heterocycles. The Morgan fingerprint density at radius 1 is 1.24 bits per heavy atom. The molecule has 0 aliphatic rings. The van der Waals surface area contributed by atoms with Gasteiger partial charge in [-0.25, -0.2) is 18.7 Å². The molecule has 0 spiro atoms. The summed E-state index contributed by atoms with van der Waals surface area (Å²) in [5.74, 6) is 1.64. The molecule has 0 radical (unpaired) electrons. The summed E-state index contributed by atoms with van der Waals surface area (Å²) in [7, 11) is 1.73. The van der Waals surface area contributed by atoms with Crippen molar-refractivity contribution in [3.63, 3.8) is 0 Å². The van der Waals surface area contributed by atoms with Crippen molar-refractivity contribution in [1.82, 2.24) is 9.97 Å². The van der Waals surface area contributed by atoms with Gasteiger partial charge in [-0.3, -0.25) is 0 Å². The molecule has 0 unspecified atom stereocenters. The molecule has 4 nitrogen and oxygen atoms in total. The highest BCUT2D eigenvalue weighted by Gasteiger charge is 2.19. The van der Waals surface area contributed by atoms with Crippen LogP contribution >= 0.6 is 0 Å². The molecule has 0 bridgehead atoms. The number of halogens is 2. The molecule has 1 heterocycles. The largest absolute Gasteiger partial charge is 0.373 e. The number of hydrogen-bond acceptors (Lipinski definition) is 4. The van der Waals surface area contributed by atoms with Gasteiger partial charge in [-0.05, 0) is 0 Å². The van der Waals surface area contributed by atoms with E-state index in [9.17, 15) is 8.78 Å². The average Bonchev–Trinajstić information content (AvgIpc) is 2.24. The monoisotopic (exact) mass is 244 g/mol. The first kappa shape index (κ1) is 13.6. The second-order valence-corrected chi connectivity index (χ2v) is 4.73. The first-order chi connectivity index (χ1) is 7.82. The molecule has 0 saturated carbocycles. The van der Waals surface area contributed by atoms with Gasteiger partial charge in [-0.2, -0.15) is 0 Å². The second-order valence-electron chi connectivity index (χ2n) is 4.73. The highest BCUT2D eigenvalue weighted by Crippen LogP contribution is 2.22. The number of rotatable bonds is 4. The standard InChI is InChI=1S/C11H18F2N4/c1-11(2,3)10-16-8(14-4)5-9(17-10)15-6-7(12)13/h5,7H,6H2,1-4H3,(H2,14,15,16,17). The van der Waals surface area contributed by atoms with Gasteiger partial charge in [-0.15, -0.1) is 0 Å². The third-order valence-electron chi connectivity index (χ3n) is 2.09. The predicted octanol–water partition coefficient (Wildman–Crippen LogP) is 2.49. The van der Waals surface area contributed by atoms with E-state index in [-0.39, 0.29) is 5.41 Å². The van der Waals surface area contributed by atoms with Crippen LogP contribution in [-0.2, 0) is 5.41 Å². The first-order valence-corrected chi connectivity index (χ1v) is 5.42. The molecule has 96 valence electrons. The molecule has 6 heteroatoms. The number of alkyl halides is 2. The Hall–Kier alpha value is -1.46. The second kappa shape index (κ2) is 5.25. The molecule has 1 aromatic rings. The summed E-state index contributed by atoms with van der Waals surface area (Å²) >= 11 is 0. The maximum atomic E-state index is 12.1. The summed E-state index contributed by atoms with van der Waals surface area (Å²) in [4.78, 5) is 8.53. The van der Waals surface area contributed by atoms with Crippen LogP contribution in [0.15, 0.2) is 6.07 Å². The van der Waals surface area contributed by atoms with Crippen molar-refractivity contribution < 1.29 is 8.78 Å². The van der Waals surface area contributed by atoms with Gasteiger partial charge in [0.25, 0.3) is 6.43 Å². The number of aromatic nitrogens is 2. The SMILES string of the molecule is CNc1cc(NCC(F)F)nc(C(C)(C)C)n1. The highest BCUT2D eigenvalue weighted by molar-refractivity contribution is 5.47. The van der Waals surface area contributed by atoms with Gasteiger partial charge in [0.05, 0.1) is 6.54 Å². The van der Waals surface area contributed by atoms with Crippen LogP contribution in [0.3, 0.4) is 0 Å². The van der Waals surface area contributed by atoms with Gasteiger partial charge in [0.15, 0.2) is 0 Å². The third kappa shape index (κ3) is 4.13. The van der Waals surface area contributed by atoms with Crippen molar-refractivity contribution in [2.45, 2.75) is 32.6 Å². The van der Waals surface area contributed by atoms with Gasteiger partial charge in [0.2, 0.25) is 0 Å². The summed E-state index contributed by atoms with van der Waals surface area (Å²) in [6.45, 7) is 5.50. The average molecular weight is 244 g/mol. The molecule has 0 atom stereocenters. The molecule has 17 heavy (non-hydrogen) atoms. The number of hydrogen-bond donors (Lipinski definition) is 2. The van der Waals surface area contributed by atoms with Crippen molar-refractivity contribution in [3.05, 3.63) is 11.9 Å². The van der Waals surface area contributed by atoms with Gasteiger partial charge >= 0.3 is 0 Å². The molecule has 0 aromatic carbocycles. The number of anilines is 2. The minimum Gasteiger partial charge on any atom is -0.373 e. The third-order valence-corrected chi connectivity index (χ3v) is 2.09. The van der Waals surface area contributed by atoms with E-state index in [1.54, 1.807) is 13.1 Å². The van der Waals surface area contributed by atoms with Crippen molar-refractivity contribution >= 4 is 11.6 Å². The smallest absolute Gasteiger partial charge is 0.255 e. The van der Waals surface area contributed by atoms with Crippen LogP contribution in [0.5, 0.6) is 0 Å². The van der Waals surface area contributed by atoms with E-state index in [1.165, 1.54) is 0 Å². The fourth-order valence-corrected chi connectivity index (χ4v) is 1.18. The lowest BCUT2D eigenvalue weighted by molar-refractivity contribution is 0.163. The number of nitrogens with one attached hydrogen (secondary N) is 2. The van der Waals surface area contributed by atoms with Crippen LogP contribution in [-0.4, -0.2) is 30.0 Å². The fraction of sp³-hybridized carbons (Fsp3) is 0.636. The first-order valence-electron chi connectivity index (χ1n) is 5.42. The summed E-state index contributed by atoms with van der Waals surface area (Å²) in [5.41, 5.74) is -0.228. The molecule has 1 rings (SSSR count). The van der Waals surface area contributed by atoms with Crippen LogP contribution in [0, 0.1) is 0 Å². The van der Waals surface area contributed by atoms with E-state index in [0.29, 0.717) is 17.5 Å². The summed E-state index contributed by atoms with van der Waals surface area (Å²) < 4.78 is 24.2. The predicted molar refractivity (Wildman–Crippen MR) is 64.8 cm³/mol. The Morgan fingerprint density at radius 3 is 2.29 bits per heavy atom. The lowest BCUT2D eigenvalue weighted by Gasteiger charge is -2.18. The Balaban J connectivity index is 2.97. The van der Waals surface area contributed by atoms with E-state index in [1.807, 2.05) is 20.8 Å². The van der Waals surface area contributed by atoms with E-state index in [2.05, 4.69) is 20.6 Å². The van der Waals surface area contributed by atoms with Crippen LogP contribution in [0.25, 0.3) is 0 Å². The van der Waals surface area contributed by atoms with E-state index >= 15 is 0 Å². The minimum atomic E-state index is -2.40. The van der Waals surface area contributed by atoms with E-state index < -0.39 is 13.0 Å². The van der Waals surface area contributed by atoms with Crippen molar-refractivity contribution in [1.29, 1.82) is 0 Å². The van der Waals surface area contributed by atoms with Gasteiger partial charge in [0.1, 0.15) is 17.5 Å². The maximum Gasteiger partial charge on any atom is 0.255 e. The van der Waals surface area contributed by atoms with Crippen molar-refractivity contribution in [2.24, 2.45) is 0 Å². The Labute approximate surface area is 99.9 Å². The Kier molecular flexibility index (Phi) is 4.20. The molecule has 1 aromatic heterocycles. The zero-order valence-corrected chi connectivity index (χ0v) is 10.5. The Morgan fingerprint density at radius 2 is 1.82 bits per heavy atom. The maximum absolute atomic E-state index is 12.1. The number of nitrogens with zero attached hydrogens (tertiary/aromatic N) is 2. The fourth-order valence-electron chi connectivity index (χ4n) is 1.18. The van der Waals surface area contributed by atoms with E-state index in [0.717, 1.165) is 0 Å². The van der Waals surface area contributed by atoms with Gasteiger partial charge in [-0.1, -0.05) is 20.8 Å². The zero-order valence-electron chi connectivity index (χ0n) is 10.5. The molecular weight excluding hydrogens is 226 g/mol. The summed E-state index contributed by atoms with van der Waals surface area (Å²) in [5, 5.41) is 5.48. The topological polar surface area (TPSA) is 49.8 Å². The lowest BCUT2D eigenvalue weighted by atomic mass is 9.96. The van der Waals surface area contributed by atoms with Crippen molar-refractivity contribution in [2.75, 3.05) is 24.2 Å². The van der Waals surface area contributed by atoms with Crippen LogP contribution in [0.2, 0.25) is 0 Å². The van der Waals surface area contributed by atoms with E-state index in [4.69, 9.17) is 0 Å². The summed E-state index contributed by atoms with van der Waals surface area (Å²) in [6.07, 6.45) is -2.40. The van der Waals surface area contributed by atoms with Crippen LogP contribution < -0.4 is 10.6 Å². The zero-order chi connectivity index (χ0) is 13.1. The summed E-state index contributed by atoms with van der Waals surface area (Å²) in [6, 6.07) is 1.61. The molecule has 0 aliphatic carbocycles. The quantitative estimate of drug-likeness (QED) is 0.854. The molecular formula is C11H18F2N4. The van der Waals surface area contributed by atoms with Gasteiger partial charge in [0, 0.05) is 18.5 Å². The van der Waals surface area contributed by atoms with Crippen LogP contribution in [0.4, 0.5) is 20.4 Å².